The Kier molecular flexibility index (Phi) is 3.72. The molecule has 0 bridgehead atoms. The summed E-state index contributed by atoms with van der Waals surface area (Å²) in [7, 11) is 1.76. The summed E-state index contributed by atoms with van der Waals surface area (Å²) in [5.74, 6) is -0.441. The predicted molar refractivity (Wildman–Crippen MR) is 60.9 cm³/mol. The Labute approximate surface area is 95.0 Å². The minimum atomic E-state index is -0.441. The van der Waals surface area contributed by atoms with Crippen LogP contribution in [0, 0.1) is 5.95 Å². The van der Waals surface area contributed by atoms with Crippen LogP contribution in [-0.4, -0.2) is 24.2 Å². The number of hydrogen-bond donors (Lipinski definition) is 1. The molecule has 0 spiro atoms. The van der Waals surface area contributed by atoms with Gasteiger partial charge in [0.05, 0.1) is 18.0 Å². The number of anilines is 1. The van der Waals surface area contributed by atoms with Crippen LogP contribution in [0.25, 0.3) is 0 Å². The van der Waals surface area contributed by atoms with E-state index in [1.807, 2.05) is 0 Å². The minimum Gasteiger partial charge on any atom is -0.381 e. The number of rotatable bonds is 3. The molecule has 1 aromatic heterocycles. The summed E-state index contributed by atoms with van der Waals surface area (Å²) < 4.78 is 18.0. The fourth-order valence-electron chi connectivity index (χ4n) is 2.19. The lowest BCUT2D eigenvalue weighted by atomic mass is 9.93. The van der Waals surface area contributed by atoms with Crippen molar-refractivity contribution in [1.82, 2.24) is 4.98 Å². The number of pyridine rings is 1. The average Bonchev–Trinajstić information content (AvgIpc) is 2.32. The molecule has 1 aliphatic carbocycles. The van der Waals surface area contributed by atoms with Crippen LogP contribution in [0.5, 0.6) is 0 Å². The summed E-state index contributed by atoms with van der Waals surface area (Å²) in [5, 5.41) is 3.36. The van der Waals surface area contributed by atoms with Crippen molar-refractivity contribution in [2.24, 2.45) is 0 Å². The fraction of sp³-hybridized carbons (Fsp3) is 0.583. The third-order valence-electron chi connectivity index (χ3n) is 3.06. The molecule has 0 radical (unpaired) electrons. The lowest BCUT2D eigenvalue weighted by Gasteiger charge is -2.29. The van der Waals surface area contributed by atoms with Crippen LogP contribution < -0.4 is 5.32 Å². The fourth-order valence-corrected chi connectivity index (χ4v) is 2.19. The van der Waals surface area contributed by atoms with Gasteiger partial charge in [-0.1, -0.05) is 0 Å². The molecule has 2 rings (SSSR count). The Morgan fingerprint density at radius 1 is 1.44 bits per heavy atom. The first kappa shape index (κ1) is 11.3. The molecule has 2 atom stereocenters. The van der Waals surface area contributed by atoms with E-state index < -0.39 is 5.95 Å². The largest absolute Gasteiger partial charge is 0.381 e. The standard InChI is InChI=1S/C12H17FN2O/c1-16-11-4-2-3-9(7-11)15-10-5-6-12(13)14-8-10/h5-6,8-9,11,15H,2-4,7H2,1H3. The summed E-state index contributed by atoms with van der Waals surface area (Å²) in [6.45, 7) is 0. The van der Waals surface area contributed by atoms with Gasteiger partial charge in [-0.3, -0.25) is 0 Å². The van der Waals surface area contributed by atoms with Crippen LogP contribution in [-0.2, 0) is 4.74 Å². The van der Waals surface area contributed by atoms with E-state index in [2.05, 4.69) is 10.3 Å². The smallest absolute Gasteiger partial charge is 0.212 e. The van der Waals surface area contributed by atoms with E-state index in [0.717, 1.165) is 24.9 Å². The number of hydrogen-bond acceptors (Lipinski definition) is 3. The zero-order valence-electron chi connectivity index (χ0n) is 9.45. The number of nitrogens with one attached hydrogen (secondary N) is 1. The maximum atomic E-state index is 12.6. The Bertz CT molecular complexity index is 328. The van der Waals surface area contributed by atoms with E-state index in [4.69, 9.17) is 4.74 Å². The molecule has 4 heteroatoms. The Balaban J connectivity index is 1.91. The van der Waals surface area contributed by atoms with Gasteiger partial charge in [0.1, 0.15) is 0 Å². The topological polar surface area (TPSA) is 34.1 Å². The second-order valence-corrected chi connectivity index (χ2v) is 4.24. The monoisotopic (exact) mass is 224 g/mol. The average molecular weight is 224 g/mol. The van der Waals surface area contributed by atoms with Crippen molar-refractivity contribution in [3.8, 4) is 0 Å². The first-order chi connectivity index (χ1) is 7.78. The van der Waals surface area contributed by atoms with E-state index in [-0.39, 0.29) is 0 Å². The molecule has 16 heavy (non-hydrogen) atoms. The van der Waals surface area contributed by atoms with Crippen molar-refractivity contribution in [2.75, 3.05) is 12.4 Å². The maximum Gasteiger partial charge on any atom is 0.212 e. The Morgan fingerprint density at radius 2 is 2.31 bits per heavy atom. The van der Waals surface area contributed by atoms with Gasteiger partial charge < -0.3 is 10.1 Å². The number of aromatic nitrogens is 1. The highest BCUT2D eigenvalue weighted by Crippen LogP contribution is 2.23. The molecule has 0 aliphatic heterocycles. The van der Waals surface area contributed by atoms with E-state index in [1.54, 1.807) is 13.2 Å². The van der Waals surface area contributed by atoms with Crippen molar-refractivity contribution < 1.29 is 9.13 Å². The van der Waals surface area contributed by atoms with E-state index >= 15 is 0 Å². The molecular weight excluding hydrogens is 207 g/mol. The van der Waals surface area contributed by atoms with Gasteiger partial charge in [-0.05, 0) is 37.8 Å². The summed E-state index contributed by atoms with van der Waals surface area (Å²) in [6.07, 6.45) is 6.33. The van der Waals surface area contributed by atoms with E-state index in [0.29, 0.717) is 12.1 Å². The first-order valence-electron chi connectivity index (χ1n) is 5.69. The first-order valence-corrected chi connectivity index (χ1v) is 5.69. The third kappa shape index (κ3) is 2.92. The highest BCUT2D eigenvalue weighted by atomic mass is 19.1. The van der Waals surface area contributed by atoms with Crippen molar-refractivity contribution in [2.45, 2.75) is 37.8 Å². The van der Waals surface area contributed by atoms with Crippen molar-refractivity contribution in [3.63, 3.8) is 0 Å². The second kappa shape index (κ2) is 5.25. The molecule has 1 heterocycles. The zero-order chi connectivity index (χ0) is 11.4. The molecule has 1 fully saturated rings. The number of ether oxygens (including phenoxy) is 1. The molecule has 88 valence electrons. The van der Waals surface area contributed by atoms with E-state index in [1.165, 1.54) is 18.7 Å². The van der Waals surface area contributed by atoms with Crippen molar-refractivity contribution in [1.29, 1.82) is 0 Å². The van der Waals surface area contributed by atoms with Crippen molar-refractivity contribution >= 4 is 5.69 Å². The molecule has 3 nitrogen and oxygen atoms in total. The van der Waals surface area contributed by atoms with Crippen LogP contribution in [0.2, 0.25) is 0 Å². The lowest BCUT2D eigenvalue weighted by Crippen LogP contribution is -2.31. The molecule has 1 aliphatic rings. The summed E-state index contributed by atoms with van der Waals surface area (Å²) in [6, 6.07) is 3.50. The molecule has 0 saturated heterocycles. The number of nitrogens with zero attached hydrogens (tertiary/aromatic N) is 1. The Hall–Kier alpha value is -1.16. The normalized spacial score (nSPS) is 25.4. The minimum absolute atomic E-state index is 0.347. The highest BCUT2D eigenvalue weighted by Gasteiger charge is 2.21. The molecule has 1 saturated carbocycles. The highest BCUT2D eigenvalue weighted by molar-refractivity contribution is 5.41. The van der Waals surface area contributed by atoms with Gasteiger partial charge in [0, 0.05) is 13.2 Å². The van der Waals surface area contributed by atoms with Crippen molar-refractivity contribution in [3.05, 3.63) is 24.3 Å². The molecular formula is C12H17FN2O. The second-order valence-electron chi connectivity index (χ2n) is 4.24. The van der Waals surface area contributed by atoms with Gasteiger partial charge in [-0.15, -0.1) is 0 Å². The third-order valence-corrected chi connectivity index (χ3v) is 3.06. The summed E-state index contributed by atoms with van der Waals surface area (Å²) in [5.41, 5.74) is 0.878. The quantitative estimate of drug-likeness (QED) is 0.801. The van der Waals surface area contributed by atoms with Gasteiger partial charge in [0.25, 0.3) is 0 Å². The number of methoxy groups -OCH3 is 1. The van der Waals surface area contributed by atoms with Gasteiger partial charge in [0.15, 0.2) is 0 Å². The zero-order valence-corrected chi connectivity index (χ0v) is 9.45. The molecule has 0 aromatic carbocycles. The van der Waals surface area contributed by atoms with Crippen LogP contribution in [0.1, 0.15) is 25.7 Å². The van der Waals surface area contributed by atoms with Crippen LogP contribution in [0.3, 0.4) is 0 Å². The van der Waals surface area contributed by atoms with Crippen LogP contribution in [0.15, 0.2) is 18.3 Å². The molecule has 1 N–H and O–H groups in total. The van der Waals surface area contributed by atoms with Gasteiger partial charge in [-0.2, -0.15) is 4.39 Å². The lowest BCUT2D eigenvalue weighted by molar-refractivity contribution is 0.0669. The maximum absolute atomic E-state index is 12.6. The van der Waals surface area contributed by atoms with Gasteiger partial charge >= 0.3 is 0 Å². The summed E-state index contributed by atoms with van der Waals surface area (Å²) >= 11 is 0. The summed E-state index contributed by atoms with van der Waals surface area (Å²) in [4.78, 5) is 3.62. The number of halogens is 1. The molecule has 0 amide bonds. The van der Waals surface area contributed by atoms with E-state index in [9.17, 15) is 4.39 Å². The van der Waals surface area contributed by atoms with Crippen LogP contribution in [0.4, 0.5) is 10.1 Å². The SMILES string of the molecule is COC1CCCC(Nc2ccc(F)nc2)C1. The van der Waals surface area contributed by atoms with Crippen LogP contribution >= 0.6 is 0 Å². The van der Waals surface area contributed by atoms with Gasteiger partial charge in [-0.25, -0.2) is 4.98 Å². The predicted octanol–water partition coefficient (Wildman–Crippen LogP) is 2.59. The molecule has 1 aromatic rings. The van der Waals surface area contributed by atoms with Gasteiger partial charge in [0.2, 0.25) is 5.95 Å². The Morgan fingerprint density at radius 3 is 3.00 bits per heavy atom. The molecule has 2 unspecified atom stereocenters.